The Morgan fingerprint density at radius 3 is 2.58 bits per heavy atom. The van der Waals surface area contributed by atoms with Crippen molar-refractivity contribution in [1.29, 1.82) is 0 Å². The molecule has 0 saturated carbocycles. The number of halogens is 1. The molecular formula is C18H16FNO2S2. The second-order valence-electron chi connectivity index (χ2n) is 5.19. The largest absolute Gasteiger partial charge is 0.497 e. The quantitative estimate of drug-likeness (QED) is 0.653. The lowest BCUT2D eigenvalue weighted by Gasteiger charge is -2.02. The van der Waals surface area contributed by atoms with Crippen molar-refractivity contribution < 1.29 is 13.3 Å². The Balaban J connectivity index is 1.67. The van der Waals surface area contributed by atoms with Gasteiger partial charge in [0, 0.05) is 27.3 Å². The van der Waals surface area contributed by atoms with Gasteiger partial charge in [-0.3, -0.25) is 4.21 Å². The minimum absolute atomic E-state index is 0.196. The summed E-state index contributed by atoms with van der Waals surface area (Å²) >= 11 is 1.51. The lowest BCUT2D eigenvalue weighted by Crippen LogP contribution is -2.01. The van der Waals surface area contributed by atoms with Crippen LogP contribution in [0.3, 0.4) is 0 Å². The van der Waals surface area contributed by atoms with Gasteiger partial charge in [-0.15, -0.1) is 11.3 Å². The highest BCUT2D eigenvalue weighted by molar-refractivity contribution is 7.83. The van der Waals surface area contributed by atoms with Crippen LogP contribution in [0.25, 0.3) is 10.6 Å². The Labute approximate surface area is 146 Å². The number of hydrogen-bond donors (Lipinski definition) is 0. The molecule has 124 valence electrons. The van der Waals surface area contributed by atoms with E-state index in [2.05, 4.69) is 4.98 Å². The zero-order chi connectivity index (χ0) is 16.9. The van der Waals surface area contributed by atoms with E-state index in [0.29, 0.717) is 11.3 Å². The van der Waals surface area contributed by atoms with E-state index in [1.807, 2.05) is 29.6 Å². The maximum atomic E-state index is 13.6. The Bertz CT molecular complexity index is 846. The van der Waals surface area contributed by atoms with Gasteiger partial charge in [0.1, 0.15) is 16.6 Å². The van der Waals surface area contributed by atoms with Crippen molar-refractivity contribution in [2.45, 2.75) is 11.5 Å². The molecule has 0 bridgehead atoms. The van der Waals surface area contributed by atoms with Gasteiger partial charge in [0.15, 0.2) is 0 Å². The molecule has 0 aliphatic carbocycles. The zero-order valence-electron chi connectivity index (χ0n) is 13.1. The molecule has 0 saturated heterocycles. The van der Waals surface area contributed by atoms with Crippen molar-refractivity contribution >= 4 is 22.1 Å². The lowest BCUT2D eigenvalue weighted by molar-refractivity contribution is 0.415. The summed E-state index contributed by atoms with van der Waals surface area (Å²) in [6.45, 7) is 0. The second kappa shape index (κ2) is 7.68. The van der Waals surface area contributed by atoms with Crippen molar-refractivity contribution in [1.82, 2.24) is 4.98 Å². The van der Waals surface area contributed by atoms with E-state index in [0.717, 1.165) is 22.0 Å². The summed E-state index contributed by atoms with van der Waals surface area (Å²) in [7, 11) is 0.430. The number of hydrogen-bond acceptors (Lipinski definition) is 4. The third kappa shape index (κ3) is 4.07. The first-order valence-corrected chi connectivity index (χ1v) is 9.69. The second-order valence-corrected chi connectivity index (χ2v) is 7.51. The fourth-order valence-corrected chi connectivity index (χ4v) is 4.34. The van der Waals surface area contributed by atoms with Crippen LogP contribution in [-0.4, -0.2) is 16.3 Å². The van der Waals surface area contributed by atoms with Gasteiger partial charge in [0.05, 0.1) is 24.3 Å². The molecular weight excluding hydrogens is 345 g/mol. The molecule has 24 heavy (non-hydrogen) atoms. The highest BCUT2D eigenvalue weighted by Gasteiger charge is 2.11. The van der Waals surface area contributed by atoms with E-state index < -0.39 is 10.8 Å². The molecule has 6 heteroatoms. The number of thiazole rings is 1. The molecule has 0 spiro atoms. The third-order valence-corrected chi connectivity index (χ3v) is 5.66. The summed E-state index contributed by atoms with van der Waals surface area (Å²) in [6, 6.07) is 14.1. The number of aromatic nitrogens is 1. The summed E-state index contributed by atoms with van der Waals surface area (Å²) < 4.78 is 31.0. The SMILES string of the molecule is COc1ccc(-c2nc(CS(=O)Cc3ccccc3F)cs2)cc1. The number of rotatable bonds is 6. The smallest absolute Gasteiger partial charge is 0.127 e. The van der Waals surface area contributed by atoms with E-state index in [9.17, 15) is 8.60 Å². The molecule has 0 amide bonds. The molecule has 1 atom stereocenters. The fourth-order valence-electron chi connectivity index (χ4n) is 2.24. The normalized spacial score (nSPS) is 12.1. The molecule has 2 aromatic carbocycles. The average molecular weight is 361 g/mol. The van der Waals surface area contributed by atoms with Gasteiger partial charge in [-0.25, -0.2) is 9.37 Å². The minimum atomic E-state index is -1.20. The number of ether oxygens (including phenoxy) is 1. The highest BCUT2D eigenvalue weighted by atomic mass is 32.2. The molecule has 0 aliphatic heterocycles. The summed E-state index contributed by atoms with van der Waals surface area (Å²) in [5.74, 6) is 0.993. The third-order valence-electron chi connectivity index (χ3n) is 3.47. The number of nitrogens with zero attached hydrogens (tertiary/aromatic N) is 1. The van der Waals surface area contributed by atoms with Crippen molar-refractivity contribution in [2.75, 3.05) is 7.11 Å². The van der Waals surface area contributed by atoms with Crippen LogP contribution in [0.4, 0.5) is 4.39 Å². The molecule has 0 N–H and O–H groups in total. The van der Waals surface area contributed by atoms with Crippen LogP contribution in [0.1, 0.15) is 11.3 Å². The maximum absolute atomic E-state index is 13.6. The van der Waals surface area contributed by atoms with Crippen LogP contribution in [-0.2, 0) is 22.3 Å². The molecule has 3 nitrogen and oxygen atoms in total. The first-order chi connectivity index (χ1) is 11.7. The summed E-state index contributed by atoms with van der Waals surface area (Å²) in [6.07, 6.45) is 0. The minimum Gasteiger partial charge on any atom is -0.497 e. The van der Waals surface area contributed by atoms with Crippen LogP contribution in [0.15, 0.2) is 53.9 Å². The van der Waals surface area contributed by atoms with E-state index in [-0.39, 0.29) is 11.6 Å². The molecule has 0 fully saturated rings. The zero-order valence-corrected chi connectivity index (χ0v) is 14.7. The van der Waals surface area contributed by atoms with Crippen LogP contribution in [0, 0.1) is 5.82 Å². The maximum Gasteiger partial charge on any atom is 0.127 e. The van der Waals surface area contributed by atoms with Gasteiger partial charge in [0.25, 0.3) is 0 Å². The first kappa shape index (κ1) is 16.8. The fraction of sp³-hybridized carbons (Fsp3) is 0.167. The lowest BCUT2D eigenvalue weighted by atomic mass is 10.2. The molecule has 3 aromatic rings. The predicted octanol–water partition coefficient (Wildman–Crippen LogP) is 4.41. The van der Waals surface area contributed by atoms with Gasteiger partial charge >= 0.3 is 0 Å². The van der Waals surface area contributed by atoms with Crippen molar-refractivity contribution in [3.05, 3.63) is 71.0 Å². The van der Waals surface area contributed by atoms with Crippen LogP contribution in [0.2, 0.25) is 0 Å². The summed E-state index contributed by atoms with van der Waals surface area (Å²) in [5, 5.41) is 2.77. The van der Waals surface area contributed by atoms with Crippen LogP contribution < -0.4 is 4.74 Å². The first-order valence-electron chi connectivity index (χ1n) is 7.33. The van der Waals surface area contributed by atoms with Crippen molar-refractivity contribution in [2.24, 2.45) is 0 Å². The number of methoxy groups -OCH3 is 1. The summed E-state index contributed by atoms with van der Waals surface area (Å²) in [5.41, 5.74) is 2.23. The Morgan fingerprint density at radius 1 is 1.12 bits per heavy atom. The molecule has 1 aromatic heterocycles. The predicted molar refractivity (Wildman–Crippen MR) is 96.1 cm³/mol. The molecule has 1 heterocycles. The average Bonchev–Trinajstić information content (AvgIpc) is 3.05. The topological polar surface area (TPSA) is 39.2 Å². The highest BCUT2D eigenvalue weighted by Crippen LogP contribution is 2.26. The van der Waals surface area contributed by atoms with E-state index in [1.165, 1.54) is 17.4 Å². The van der Waals surface area contributed by atoms with Gasteiger partial charge in [0.2, 0.25) is 0 Å². The molecule has 1 unspecified atom stereocenters. The Kier molecular flexibility index (Phi) is 5.37. The van der Waals surface area contributed by atoms with E-state index in [4.69, 9.17) is 4.74 Å². The Morgan fingerprint density at radius 2 is 1.88 bits per heavy atom. The molecule has 0 radical (unpaired) electrons. The van der Waals surface area contributed by atoms with Gasteiger partial charge in [-0.1, -0.05) is 18.2 Å². The standard InChI is InChI=1S/C18H16FNO2S2/c1-22-16-8-6-13(7-9-16)18-20-15(10-23-18)12-24(21)11-14-4-2-3-5-17(14)19/h2-10H,11-12H2,1H3. The monoisotopic (exact) mass is 361 g/mol. The summed E-state index contributed by atoms with van der Waals surface area (Å²) in [4.78, 5) is 4.53. The molecule has 3 rings (SSSR count). The van der Waals surface area contributed by atoms with Crippen LogP contribution in [0.5, 0.6) is 5.75 Å². The van der Waals surface area contributed by atoms with Gasteiger partial charge < -0.3 is 4.74 Å². The van der Waals surface area contributed by atoms with Gasteiger partial charge in [-0.2, -0.15) is 0 Å². The molecule has 0 aliphatic rings. The van der Waals surface area contributed by atoms with E-state index >= 15 is 0 Å². The van der Waals surface area contributed by atoms with Gasteiger partial charge in [-0.05, 0) is 30.3 Å². The van der Waals surface area contributed by atoms with E-state index in [1.54, 1.807) is 25.3 Å². The van der Waals surface area contributed by atoms with Crippen molar-refractivity contribution in [3.8, 4) is 16.3 Å². The van der Waals surface area contributed by atoms with Crippen LogP contribution >= 0.6 is 11.3 Å². The Hall–Kier alpha value is -2.05. The van der Waals surface area contributed by atoms with Crippen molar-refractivity contribution in [3.63, 3.8) is 0 Å². The number of benzene rings is 2.